The second kappa shape index (κ2) is 6.81. The number of amides is 1. The number of hydrogen-bond acceptors (Lipinski definition) is 3. The fourth-order valence-electron chi connectivity index (χ4n) is 2.82. The molecule has 1 aliphatic heterocycles. The van der Waals surface area contributed by atoms with Crippen molar-refractivity contribution in [2.75, 3.05) is 26.7 Å². The number of nitrogens with zero attached hydrogens (tertiary/aromatic N) is 1. The number of nitrogens with two attached hydrogens (primary N) is 1. The maximum Gasteiger partial charge on any atom is 0.248 e. The van der Waals surface area contributed by atoms with Crippen LogP contribution in [0.4, 0.5) is 4.39 Å². The van der Waals surface area contributed by atoms with Crippen molar-refractivity contribution < 1.29 is 9.18 Å². The number of nitrogens with one attached hydrogen (secondary N) is 1. The number of benzene rings is 1. The van der Waals surface area contributed by atoms with Gasteiger partial charge in [0.15, 0.2) is 0 Å². The first-order valence-electron chi connectivity index (χ1n) is 7.05. The third-order valence-corrected chi connectivity index (χ3v) is 3.83. The topological polar surface area (TPSA) is 58.4 Å². The van der Waals surface area contributed by atoms with Gasteiger partial charge in [-0.05, 0) is 51.0 Å². The lowest BCUT2D eigenvalue weighted by Crippen LogP contribution is -2.38. The van der Waals surface area contributed by atoms with Gasteiger partial charge in [-0.15, -0.1) is 0 Å². The number of likely N-dealkylation sites (tertiary alicyclic amines) is 1. The molecule has 20 heavy (non-hydrogen) atoms. The summed E-state index contributed by atoms with van der Waals surface area (Å²) in [7, 11) is 1.96. The molecule has 4 nitrogen and oxygen atoms in total. The van der Waals surface area contributed by atoms with Crippen LogP contribution in [0.2, 0.25) is 0 Å². The van der Waals surface area contributed by atoms with E-state index in [1.54, 1.807) is 12.1 Å². The van der Waals surface area contributed by atoms with Gasteiger partial charge < -0.3 is 11.1 Å². The number of carbonyl (C=O) groups is 1. The van der Waals surface area contributed by atoms with Gasteiger partial charge in [0, 0.05) is 24.2 Å². The highest BCUT2D eigenvalue weighted by molar-refractivity contribution is 5.92. The maximum atomic E-state index is 14.0. The van der Waals surface area contributed by atoms with E-state index in [4.69, 9.17) is 5.73 Å². The number of halogens is 1. The average Bonchev–Trinajstić information content (AvgIpc) is 2.42. The molecular formula is C15H22FN3O. The molecule has 5 heteroatoms. The molecule has 2 rings (SSSR count). The van der Waals surface area contributed by atoms with Crippen molar-refractivity contribution in [3.8, 4) is 0 Å². The SMILES string of the molecule is CNCC1CCCN(Cc2ccc(C(N)=O)cc2F)C1. The summed E-state index contributed by atoms with van der Waals surface area (Å²) in [5, 5.41) is 3.20. The van der Waals surface area contributed by atoms with E-state index in [2.05, 4.69) is 10.2 Å². The zero-order chi connectivity index (χ0) is 14.5. The van der Waals surface area contributed by atoms with Crippen LogP contribution in [0.15, 0.2) is 18.2 Å². The summed E-state index contributed by atoms with van der Waals surface area (Å²) in [6.07, 6.45) is 2.37. The molecule has 1 aromatic carbocycles. The van der Waals surface area contributed by atoms with Gasteiger partial charge in [-0.3, -0.25) is 9.69 Å². The highest BCUT2D eigenvalue weighted by Gasteiger charge is 2.20. The molecule has 1 aromatic rings. The fourth-order valence-corrected chi connectivity index (χ4v) is 2.82. The van der Waals surface area contributed by atoms with Gasteiger partial charge in [0.05, 0.1) is 0 Å². The Balaban J connectivity index is 2.00. The molecule has 0 aliphatic carbocycles. The van der Waals surface area contributed by atoms with E-state index in [1.165, 1.54) is 12.5 Å². The van der Waals surface area contributed by atoms with Crippen molar-refractivity contribution in [3.05, 3.63) is 35.1 Å². The van der Waals surface area contributed by atoms with Gasteiger partial charge in [-0.1, -0.05) is 6.07 Å². The van der Waals surface area contributed by atoms with Crippen molar-refractivity contribution in [2.24, 2.45) is 11.7 Å². The molecule has 1 aliphatic rings. The summed E-state index contributed by atoms with van der Waals surface area (Å²) in [5.74, 6) is -0.318. The lowest BCUT2D eigenvalue weighted by atomic mass is 9.97. The van der Waals surface area contributed by atoms with E-state index in [-0.39, 0.29) is 11.4 Å². The highest BCUT2D eigenvalue weighted by atomic mass is 19.1. The van der Waals surface area contributed by atoms with Gasteiger partial charge in [-0.2, -0.15) is 0 Å². The van der Waals surface area contributed by atoms with Crippen molar-refractivity contribution in [1.82, 2.24) is 10.2 Å². The van der Waals surface area contributed by atoms with Crippen LogP contribution in [0.5, 0.6) is 0 Å². The summed E-state index contributed by atoms with van der Waals surface area (Å²) in [5.41, 5.74) is 5.99. The standard InChI is InChI=1S/C15H22FN3O/c1-18-8-11-3-2-6-19(9-11)10-13-5-4-12(15(17)20)7-14(13)16/h4-5,7,11,18H,2-3,6,8-10H2,1H3,(H2,17,20). The van der Waals surface area contributed by atoms with E-state index in [0.29, 0.717) is 18.0 Å². The summed E-state index contributed by atoms with van der Waals surface area (Å²) in [4.78, 5) is 13.3. The Kier molecular flexibility index (Phi) is 5.09. The number of hydrogen-bond donors (Lipinski definition) is 2. The van der Waals surface area contributed by atoms with E-state index in [9.17, 15) is 9.18 Å². The molecule has 110 valence electrons. The largest absolute Gasteiger partial charge is 0.366 e. The van der Waals surface area contributed by atoms with E-state index in [0.717, 1.165) is 26.1 Å². The smallest absolute Gasteiger partial charge is 0.248 e. The summed E-state index contributed by atoms with van der Waals surface area (Å²) in [6, 6.07) is 4.49. The Morgan fingerprint density at radius 2 is 2.35 bits per heavy atom. The molecule has 0 aromatic heterocycles. The first-order valence-corrected chi connectivity index (χ1v) is 7.05. The minimum absolute atomic E-state index is 0.220. The third kappa shape index (κ3) is 3.77. The molecule has 0 bridgehead atoms. The van der Waals surface area contributed by atoms with Crippen molar-refractivity contribution in [1.29, 1.82) is 0 Å². The fraction of sp³-hybridized carbons (Fsp3) is 0.533. The zero-order valence-electron chi connectivity index (χ0n) is 11.9. The molecule has 0 radical (unpaired) electrons. The third-order valence-electron chi connectivity index (χ3n) is 3.83. The predicted molar refractivity (Wildman–Crippen MR) is 76.8 cm³/mol. The minimum atomic E-state index is -0.595. The van der Waals surface area contributed by atoms with E-state index < -0.39 is 5.91 Å². The van der Waals surface area contributed by atoms with Crippen LogP contribution in [0, 0.1) is 11.7 Å². The zero-order valence-corrected chi connectivity index (χ0v) is 11.9. The van der Waals surface area contributed by atoms with Gasteiger partial charge in [0.25, 0.3) is 0 Å². The average molecular weight is 279 g/mol. The summed E-state index contributed by atoms with van der Waals surface area (Å²) < 4.78 is 14.0. The molecule has 0 spiro atoms. The van der Waals surface area contributed by atoms with Gasteiger partial charge in [0.1, 0.15) is 5.82 Å². The number of piperidine rings is 1. The van der Waals surface area contributed by atoms with Crippen LogP contribution in [0.1, 0.15) is 28.8 Å². The Bertz CT molecular complexity index is 476. The summed E-state index contributed by atoms with van der Waals surface area (Å²) in [6.45, 7) is 3.57. The van der Waals surface area contributed by atoms with Crippen molar-refractivity contribution >= 4 is 5.91 Å². The number of rotatable bonds is 5. The molecule has 1 amide bonds. The maximum absolute atomic E-state index is 14.0. The van der Waals surface area contributed by atoms with E-state index >= 15 is 0 Å². The number of primary amides is 1. The molecule has 0 saturated carbocycles. The normalized spacial score (nSPS) is 20.0. The lowest BCUT2D eigenvalue weighted by Gasteiger charge is -2.32. The van der Waals surface area contributed by atoms with Gasteiger partial charge in [-0.25, -0.2) is 4.39 Å². The van der Waals surface area contributed by atoms with Crippen LogP contribution >= 0.6 is 0 Å². The Morgan fingerprint density at radius 3 is 3.00 bits per heavy atom. The Hall–Kier alpha value is -1.46. The second-order valence-electron chi connectivity index (χ2n) is 5.47. The van der Waals surface area contributed by atoms with Crippen molar-refractivity contribution in [3.63, 3.8) is 0 Å². The molecule has 1 heterocycles. The number of carbonyl (C=O) groups excluding carboxylic acids is 1. The quantitative estimate of drug-likeness (QED) is 0.855. The molecule has 1 saturated heterocycles. The summed E-state index contributed by atoms with van der Waals surface area (Å²) >= 11 is 0. The predicted octanol–water partition coefficient (Wildman–Crippen LogP) is 1.36. The molecule has 3 N–H and O–H groups in total. The highest BCUT2D eigenvalue weighted by Crippen LogP contribution is 2.19. The van der Waals surface area contributed by atoms with Crippen LogP contribution < -0.4 is 11.1 Å². The minimum Gasteiger partial charge on any atom is -0.366 e. The Labute approximate surface area is 119 Å². The molecule has 1 fully saturated rings. The molecule has 1 atom stereocenters. The first kappa shape index (κ1) is 14.9. The van der Waals surface area contributed by atoms with Crippen molar-refractivity contribution in [2.45, 2.75) is 19.4 Å². The monoisotopic (exact) mass is 279 g/mol. The molecular weight excluding hydrogens is 257 g/mol. The second-order valence-corrected chi connectivity index (χ2v) is 5.47. The van der Waals surface area contributed by atoms with Crippen LogP contribution in [0.3, 0.4) is 0 Å². The van der Waals surface area contributed by atoms with Gasteiger partial charge >= 0.3 is 0 Å². The van der Waals surface area contributed by atoms with Crippen LogP contribution in [-0.4, -0.2) is 37.5 Å². The Morgan fingerprint density at radius 1 is 1.55 bits per heavy atom. The molecule has 1 unspecified atom stereocenters. The van der Waals surface area contributed by atoms with E-state index in [1.807, 2.05) is 7.05 Å². The van der Waals surface area contributed by atoms with Gasteiger partial charge in [0.2, 0.25) is 5.91 Å². The lowest BCUT2D eigenvalue weighted by molar-refractivity contribution is 0.0999. The van der Waals surface area contributed by atoms with Crippen LogP contribution in [0.25, 0.3) is 0 Å². The first-order chi connectivity index (χ1) is 9.60. The van der Waals surface area contributed by atoms with Crippen LogP contribution in [-0.2, 0) is 6.54 Å².